The van der Waals surface area contributed by atoms with Gasteiger partial charge in [-0.25, -0.2) is 0 Å². The van der Waals surface area contributed by atoms with Crippen LogP contribution in [0.4, 0.5) is 0 Å². The number of ketones is 1. The molecule has 88 valence electrons. The molecule has 1 aliphatic carbocycles. The summed E-state index contributed by atoms with van der Waals surface area (Å²) in [7, 11) is 0. The number of benzene rings is 1. The van der Waals surface area contributed by atoms with E-state index in [9.17, 15) is 4.79 Å². The molecule has 0 fully saturated rings. The maximum Gasteiger partial charge on any atom is 0.212 e. The molecule has 2 rings (SSSR count). The van der Waals surface area contributed by atoms with Crippen LogP contribution in [-0.2, 0) is 17.8 Å². The van der Waals surface area contributed by atoms with Crippen LogP contribution in [0.1, 0.15) is 18.1 Å². The minimum Gasteiger partial charge on any atom is -0.396 e. The van der Waals surface area contributed by atoms with Crippen molar-refractivity contribution in [1.29, 1.82) is 0 Å². The van der Waals surface area contributed by atoms with E-state index in [1.54, 1.807) is 0 Å². The third-order valence-electron chi connectivity index (χ3n) is 2.96. The summed E-state index contributed by atoms with van der Waals surface area (Å²) in [5.74, 6) is -0.0749. The number of aryl methyl sites for hydroxylation is 1. The lowest BCUT2D eigenvalue weighted by Crippen LogP contribution is -2.35. The summed E-state index contributed by atoms with van der Waals surface area (Å²) in [6, 6.07) is 8.27. The third-order valence-corrected chi connectivity index (χ3v) is 2.96. The molecule has 0 bridgehead atoms. The molecule has 0 aliphatic heterocycles. The average molecular weight is 228 g/mol. The number of hydrogen-bond acceptors (Lipinski definition) is 3. The minimum absolute atomic E-state index is 0.0749. The molecule has 0 aromatic heterocycles. The van der Waals surface area contributed by atoms with Crippen LogP contribution in [-0.4, -0.2) is 5.78 Å². The molecule has 0 radical (unpaired) electrons. The van der Waals surface area contributed by atoms with E-state index in [2.05, 4.69) is 31.0 Å². The van der Waals surface area contributed by atoms with Crippen LogP contribution in [0.15, 0.2) is 47.8 Å². The van der Waals surface area contributed by atoms with Gasteiger partial charge in [0.15, 0.2) is 0 Å². The van der Waals surface area contributed by atoms with Crippen molar-refractivity contribution in [2.75, 3.05) is 0 Å². The van der Waals surface area contributed by atoms with E-state index in [0.29, 0.717) is 23.5 Å². The van der Waals surface area contributed by atoms with Gasteiger partial charge in [-0.2, -0.15) is 0 Å². The molecule has 17 heavy (non-hydrogen) atoms. The highest BCUT2D eigenvalue weighted by atomic mass is 16.1. The van der Waals surface area contributed by atoms with Crippen molar-refractivity contribution < 1.29 is 4.79 Å². The molecule has 0 spiro atoms. The van der Waals surface area contributed by atoms with Gasteiger partial charge in [0.05, 0.1) is 5.70 Å². The standard InChI is InChI=1S/C14H16N2O/c1-3-10-5-4-6-11(7-10)8-16-13-12(15)9(2)14(13)17/h4-7,16H,2-3,8,15H2,1H3. The molecule has 3 nitrogen and oxygen atoms in total. The van der Waals surface area contributed by atoms with Gasteiger partial charge in [0, 0.05) is 12.1 Å². The molecule has 0 saturated heterocycles. The molecule has 0 heterocycles. The van der Waals surface area contributed by atoms with E-state index < -0.39 is 0 Å². The molecular formula is C14H16N2O. The molecule has 1 aromatic rings. The predicted molar refractivity (Wildman–Crippen MR) is 68.0 cm³/mol. The topological polar surface area (TPSA) is 55.1 Å². The van der Waals surface area contributed by atoms with Gasteiger partial charge in [-0.1, -0.05) is 37.8 Å². The molecule has 1 aliphatic rings. The molecule has 1 aromatic carbocycles. The first-order valence-corrected chi connectivity index (χ1v) is 5.69. The zero-order valence-electron chi connectivity index (χ0n) is 9.92. The SMILES string of the molecule is C=C1C(=O)C(NCc2cccc(CC)c2)=C1N. The maximum absolute atomic E-state index is 11.4. The van der Waals surface area contributed by atoms with Gasteiger partial charge in [0.25, 0.3) is 0 Å². The Bertz CT molecular complexity index is 515. The van der Waals surface area contributed by atoms with Crippen LogP contribution >= 0.6 is 0 Å². The average Bonchev–Trinajstić information content (AvgIpc) is 2.38. The first kappa shape index (κ1) is 11.5. The zero-order valence-corrected chi connectivity index (χ0v) is 9.92. The summed E-state index contributed by atoms with van der Waals surface area (Å²) in [4.78, 5) is 11.4. The van der Waals surface area contributed by atoms with Gasteiger partial charge in [0.1, 0.15) is 5.70 Å². The summed E-state index contributed by atoms with van der Waals surface area (Å²) >= 11 is 0. The monoisotopic (exact) mass is 228 g/mol. The lowest BCUT2D eigenvalue weighted by molar-refractivity contribution is -0.113. The third kappa shape index (κ3) is 2.09. The van der Waals surface area contributed by atoms with Crippen molar-refractivity contribution >= 4 is 5.78 Å². The fourth-order valence-corrected chi connectivity index (χ4v) is 1.81. The van der Waals surface area contributed by atoms with Crippen LogP contribution in [0, 0.1) is 0 Å². The molecule has 0 unspecified atom stereocenters. The highest BCUT2D eigenvalue weighted by Gasteiger charge is 2.29. The van der Waals surface area contributed by atoms with Crippen LogP contribution in [0.3, 0.4) is 0 Å². The molecular weight excluding hydrogens is 212 g/mol. The number of nitrogens with two attached hydrogens (primary N) is 1. The number of rotatable bonds is 4. The van der Waals surface area contributed by atoms with Gasteiger partial charge in [-0.05, 0) is 17.5 Å². The smallest absolute Gasteiger partial charge is 0.212 e. The second-order valence-corrected chi connectivity index (χ2v) is 4.12. The van der Waals surface area contributed by atoms with Crippen LogP contribution in [0.25, 0.3) is 0 Å². The van der Waals surface area contributed by atoms with E-state index >= 15 is 0 Å². The van der Waals surface area contributed by atoms with Gasteiger partial charge < -0.3 is 11.1 Å². The molecule has 3 N–H and O–H groups in total. The van der Waals surface area contributed by atoms with Crippen molar-refractivity contribution in [1.82, 2.24) is 5.32 Å². The molecule has 3 heteroatoms. The number of nitrogens with one attached hydrogen (secondary N) is 1. The largest absolute Gasteiger partial charge is 0.396 e. The number of carbonyl (C=O) groups is 1. The van der Waals surface area contributed by atoms with Crippen LogP contribution < -0.4 is 11.1 Å². The molecule has 0 amide bonds. The van der Waals surface area contributed by atoms with Gasteiger partial charge in [0.2, 0.25) is 5.78 Å². The van der Waals surface area contributed by atoms with Crippen molar-refractivity contribution in [3.05, 3.63) is 58.9 Å². The molecule has 0 atom stereocenters. The number of Topliss-reactive ketones (excluding diaryl/α,β-unsaturated/α-hetero) is 1. The highest BCUT2D eigenvalue weighted by Crippen LogP contribution is 2.22. The van der Waals surface area contributed by atoms with Crippen LogP contribution in [0.5, 0.6) is 0 Å². The van der Waals surface area contributed by atoms with E-state index in [1.165, 1.54) is 5.56 Å². The Labute approximate surface area is 101 Å². The quantitative estimate of drug-likeness (QED) is 0.770. The van der Waals surface area contributed by atoms with E-state index in [0.717, 1.165) is 12.0 Å². The number of hydrogen-bond donors (Lipinski definition) is 2. The Morgan fingerprint density at radius 3 is 2.71 bits per heavy atom. The fraction of sp³-hybridized carbons (Fsp3) is 0.214. The summed E-state index contributed by atoms with van der Waals surface area (Å²) in [6.07, 6.45) is 1.01. The van der Waals surface area contributed by atoms with Crippen molar-refractivity contribution in [3.63, 3.8) is 0 Å². The Kier molecular flexibility index (Phi) is 3.00. The Balaban J connectivity index is 2.04. The maximum atomic E-state index is 11.4. The van der Waals surface area contributed by atoms with Crippen molar-refractivity contribution in [3.8, 4) is 0 Å². The van der Waals surface area contributed by atoms with Gasteiger partial charge in [-0.3, -0.25) is 4.79 Å². The Morgan fingerprint density at radius 1 is 1.35 bits per heavy atom. The summed E-state index contributed by atoms with van der Waals surface area (Å²) in [6.45, 7) is 6.31. The Hall–Kier alpha value is -2.03. The van der Waals surface area contributed by atoms with Crippen molar-refractivity contribution in [2.24, 2.45) is 5.73 Å². The second kappa shape index (κ2) is 4.45. The predicted octanol–water partition coefficient (Wildman–Crippen LogP) is 1.65. The normalized spacial score (nSPS) is 14.9. The fourth-order valence-electron chi connectivity index (χ4n) is 1.81. The zero-order chi connectivity index (χ0) is 12.4. The first-order valence-electron chi connectivity index (χ1n) is 5.69. The van der Waals surface area contributed by atoms with E-state index in [1.807, 2.05) is 12.1 Å². The lowest BCUT2D eigenvalue weighted by atomic mass is 9.93. The summed E-state index contributed by atoms with van der Waals surface area (Å²) < 4.78 is 0. The van der Waals surface area contributed by atoms with Gasteiger partial charge in [-0.15, -0.1) is 0 Å². The lowest BCUT2D eigenvalue weighted by Gasteiger charge is -2.22. The second-order valence-electron chi connectivity index (χ2n) is 4.12. The van der Waals surface area contributed by atoms with Gasteiger partial charge >= 0.3 is 0 Å². The van der Waals surface area contributed by atoms with Crippen molar-refractivity contribution in [2.45, 2.75) is 19.9 Å². The number of carbonyl (C=O) groups excluding carboxylic acids is 1. The first-order chi connectivity index (χ1) is 8.13. The van der Waals surface area contributed by atoms with Crippen LogP contribution in [0.2, 0.25) is 0 Å². The van der Waals surface area contributed by atoms with E-state index in [-0.39, 0.29) is 5.78 Å². The van der Waals surface area contributed by atoms with E-state index in [4.69, 9.17) is 5.73 Å². The summed E-state index contributed by atoms with van der Waals surface area (Å²) in [5, 5.41) is 3.06. The Morgan fingerprint density at radius 2 is 2.06 bits per heavy atom. The number of allylic oxidation sites excluding steroid dienone is 2. The summed E-state index contributed by atoms with van der Waals surface area (Å²) in [5.41, 5.74) is 9.51. The minimum atomic E-state index is -0.0749. The highest BCUT2D eigenvalue weighted by molar-refractivity contribution is 6.18. The molecule has 0 saturated carbocycles.